The molecule has 3 amide bonds. The summed E-state index contributed by atoms with van der Waals surface area (Å²) in [6.07, 6.45) is 1.61. The van der Waals surface area contributed by atoms with E-state index in [1.54, 1.807) is 6.26 Å². The third-order valence-corrected chi connectivity index (χ3v) is 5.02. The van der Waals surface area contributed by atoms with E-state index in [4.69, 9.17) is 10.2 Å². The van der Waals surface area contributed by atoms with Gasteiger partial charge < -0.3 is 10.2 Å². The molecule has 0 spiro atoms. The number of nitrogens with two attached hydrogens (primary N) is 1. The summed E-state index contributed by atoms with van der Waals surface area (Å²) in [6.45, 7) is 8.31. The molecule has 8 nitrogen and oxygen atoms in total. The highest BCUT2D eigenvalue weighted by atomic mass is 32.2. The van der Waals surface area contributed by atoms with Crippen LogP contribution in [0.25, 0.3) is 0 Å². The van der Waals surface area contributed by atoms with Crippen molar-refractivity contribution >= 4 is 23.7 Å². The van der Waals surface area contributed by atoms with Crippen molar-refractivity contribution in [2.75, 3.05) is 0 Å². The molecule has 0 unspecified atom stereocenters. The van der Waals surface area contributed by atoms with Crippen LogP contribution in [0.1, 0.15) is 45.2 Å². The minimum absolute atomic E-state index is 0.0272. The summed E-state index contributed by atoms with van der Waals surface area (Å²) in [5.74, 6) is 1.27. The predicted octanol–water partition coefficient (Wildman–Crippen LogP) is 2.35. The van der Waals surface area contributed by atoms with Crippen molar-refractivity contribution in [2.24, 2.45) is 11.7 Å². The maximum atomic E-state index is 12.3. The second kappa shape index (κ2) is 8.19. The lowest BCUT2D eigenvalue weighted by atomic mass is 10.1. The fraction of sp³-hybridized carbons (Fsp3) is 0.500. The van der Waals surface area contributed by atoms with E-state index in [0.717, 1.165) is 11.6 Å². The van der Waals surface area contributed by atoms with Crippen LogP contribution in [0.15, 0.2) is 28.0 Å². The fourth-order valence-electron chi connectivity index (χ4n) is 2.32. The number of nitrogens with one attached hydrogen (secondary N) is 1. The number of amides is 3. The molecule has 0 saturated carbocycles. The summed E-state index contributed by atoms with van der Waals surface area (Å²) >= 11 is 1.26. The maximum absolute atomic E-state index is 12.3. The number of hydrogen-bond donors (Lipinski definition) is 2. The number of carbonyl (C=O) groups is 2. The number of imide groups is 1. The van der Waals surface area contributed by atoms with Crippen LogP contribution in [0, 0.1) is 5.92 Å². The molecule has 0 aliphatic carbocycles. The molecule has 9 heteroatoms. The number of rotatable bonds is 7. The Balaban J connectivity index is 2.30. The summed E-state index contributed by atoms with van der Waals surface area (Å²) in [5, 5.41) is 10.7. The molecular weight excluding hydrogens is 342 g/mol. The number of primary amides is 1. The highest BCUT2D eigenvalue weighted by molar-refractivity contribution is 8.00. The van der Waals surface area contributed by atoms with Crippen molar-refractivity contribution < 1.29 is 14.0 Å². The zero-order valence-corrected chi connectivity index (χ0v) is 15.5. The number of carbonyl (C=O) groups excluding carboxylic acids is 2. The van der Waals surface area contributed by atoms with E-state index < -0.39 is 17.2 Å². The van der Waals surface area contributed by atoms with Crippen molar-refractivity contribution in [3.05, 3.63) is 30.0 Å². The van der Waals surface area contributed by atoms with E-state index in [-0.39, 0.29) is 11.8 Å². The molecule has 2 rings (SSSR count). The molecule has 25 heavy (non-hydrogen) atoms. The van der Waals surface area contributed by atoms with E-state index in [1.807, 2.05) is 44.4 Å². The summed E-state index contributed by atoms with van der Waals surface area (Å²) < 4.78 is 7.35. The first kappa shape index (κ1) is 19.0. The zero-order valence-electron chi connectivity index (χ0n) is 14.7. The Morgan fingerprint density at radius 2 is 2.04 bits per heavy atom. The number of thioether (sulfide) groups is 1. The Hall–Kier alpha value is -2.29. The quantitative estimate of drug-likeness (QED) is 0.728. The van der Waals surface area contributed by atoms with Crippen molar-refractivity contribution in [1.29, 1.82) is 0 Å². The standard InChI is InChI=1S/C16H23N5O3S/c1-9(2)12(14(22)18-15(17)23)25-16-20-19-13(10(3)4)21(16)8-11-6-5-7-24-11/h5-7,9-10,12H,8H2,1-4H3,(H3,17,18,22,23)/t12-/m0/s1. The third kappa shape index (κ3) is 4.85. The maximum Gasteiger partial charge on any atom is 0.318 e. The number of nitrogens with zero attached hydrogens (tertiary/aromatic N) is 3. The van der Waals surface area contributed by atoms with Crippen LogP contribution >= 0.6 is 11.8 Å². The van der Waals surface area contributed by atoms with Crippen LogP contribution in [0.4, 0.5) is 4.79 Å². The van der Waals surface area contributed by atoms with Gasteiger partial charge in [-0.15, -0.1) is 10.2 Å². The number of urea groups is 1. The minimum atomic E-state index is -0.865. The first-order valence-corrected chi connectivity index (χ1v) is 8.90. The van der Waals surface area contributed by atoms with Gasteiger partial charge in [-0.05, 0) is 18.1 Å². The lowest BCUT2D eigenvalue weighted by Gasteiger charge is -2.19. The summed E-state index contributed by atoms with van der Waals surface area (Å²) in [5.41, 5.74) is 5.06. The zero-order chi connectivity index (χ0) is 18.6. The topological polar surface area (TPSA) is 116 Å². The van der Waals surface area contributed by atoms with Gasteiger partial charge in [0, 0.05) is 5.92 Å². The molecule has 0 fully saturated rings. The molecule has 0 radical (unpaired) electrons. The van der Waals surface area contributed by atoms with Gasteiger partial charge in [0.15, 0.2) is 5.16 Å². The fourth-order valence-corrected chi connectivity index (χ4v) is 3.36. The van der Waals surface area contributed by atoms with Crippen molar-refractivity contribution in [3.63, 3.8) is 0 Å². The second-order valence-corrected chi connectivity index (χ2v) is 7.41. The SMILES string of the molecule is CC(C)c1nnc(S[C@H](C(=O)NC(N)=O)C(C)C)n1Cc1ccco1. The number of aromatic nitrogens is 3. The minimum Gasteiger partial charge on any atom is -0.467 e. The first-order chi connectivity index (χ1) is 11.8. The largest absolute Gasteiger partial charge is 0.467 e. The lowest BCUT2D eigenvalue weighted by molar-refractivity contribution is -0.120. The van der Waals surface area contributed by atoms with Gasteiger partial charge in [-0.25, -0.2) is 4.79 Å². The van der Waals surface area contributed by atoms with Crippen molar-refractivity contribution in [1.82, 2.24) is 20.1 Å². The normalized spacial score (nSPS) is 12.6. The van der Waals surface area contributed by atoms with Gasteiger partial charge in [-0.2, -0.15) is 0 Å². The number of hydrogen-bond acceptors (Lipinski definition) is 6. The van der Waals surface area contributed by atoms with Gasteiger partial charge in [0.25, 0.3) is 0 Å². The molecule has 0 aromatic carbocycles. The van der Waals surface area contributed by atoms with Crippen molar-refractivity contribution in [2.45, 2.75) is 50.6 Å². The summed E-state index contributed by atoms with van der Waals surface area (Å²) in [7, 11) is 0. The van der Waals surface area contributed by atoms with Gasteiger partial charge in [0.05, 0.1) is 18.1 Å². The predicted molar refractivity (Wildman–Crippen MR) is 94.1 cm³/mol. The molecular formula is C16H23N5O3S. The summed E-state index contributed by atoms with van der Waals surface area (Å²) in [6, 6.07) is 2.83. The Kier molecular flexibility index (Phi) is 6.24. The monoisotopic (exact) mass is 365 g/mol. The molecule has 3 N–H and O–H groups in total. The first-order valence-electron chi connectivity index (χ1n) is 8.02. The van der Waals surface area contributed by atoms with Crippen LogP contribution in [0.2, 0.25) is 0 Å². The highest BCUT2D eigenvalue weighted by Gasteiger charge is 2.28. The molecule has 136 valence electrons. The van der Waals surface area contributed by atoms with Gasteiger partial charge in [-0.3, -0.25) is 14.7 Å². The molecule has 2 aromatic rings. The van der Waals surface area contributed by atoms with Crippen LogP contribution in [-0.2, 0) is 11.3 Å². The molecule has 0 bridgehead atoms. The van der Waals surface area contributed by atoms with E-state index in [2.05, 4.69) is 15.5 Å². The molecule has 2 heterocycles. The Morgan fingerprint density at radius 3 is 2.56 bits per heavy atom. The van der Waals surface area contributed by atoms with Crippen LogP contribution in [0.3, 0.4) is 0 Å². The third-order valence-electron chi connectivity index (χ3n) is 3.50. The second-order valence-electron chi connectivity index (χ2n) is 6.30. The lowest BCUT2D eigenvalue weighted by Crippen LogP contribution is -2.42. The van der Waals surface area contributed by atoms with Crippen LogP contribution < -0.4 is 11.1 Å². The molecule has 1 atom stereocenters. The Labute approximate surface area is 150 Å². The van der Waals surface area contributed by atoms with E-state index in [0.29, 0.717) is 11.7 Å². The van der Waals surface area contributed by atoms with E-state index in [1.165, 1.54) is 11.8 Å². The number of furan rings is 1. The Bertz CT molecular complexity index is 724. The average molecular weight is 365 g/mol. The van der Waals surface area contributed by atoms with Gasteiger partial charge in [0.2, 0.25) is 5.91 Å². The Morgan fingerprint density at radius 1 is 1.32 bits per heavy atom. The smallest absolute Gasteiger partial charge is 0.318 e. The average Bonchev–Trinajstić information content (AvgIpc) is 3.14. The van der Waals surface area contributed by atoms with Crippen molar-refractivity contribution in [3.8, 4) is 0 Å². The van der Waals surface area contributed by atoms with Gasteiger partial charge >= 0.3 is 6.03 Å². The molecule has 0 aliphatic heterocycles. The van der Waals surface area contributed by atoms with Crippen LogP contribution in [-0.4, -0.2) is 32.0 Å². The molecule has 0 saturated heterocycles. The summed E-state index contributed by atoms with van der Waals surface area (Å²) in [4.78, 5) is 23.3. The molecule has 2 aromatic heterocycles. The van der Waals surface area contributed by atoms with Gasteiger partial charge in [0.1, 0.15) is 11.6 Å². The molecule has 0 aliphatic rings. The highest BCUT2D eigenvalue weighted by Crippen LogP contribution is 2.29. The van der Waals surface area contributed by atoms with Crippen LogP contribution in [0.5, 0.6) is 0 Å². The van der Waals surface area contributed by atoms with E-state index in [9.17, 15) is 9.59 Å². The van der Waals surface area contributed by atoms with Gasteiger partial charge in [-0.1, -0.05) is 39.5 Å². The van der Waals surface area contributed by atoms with E-state index >= 15 is 0 Å².